The van der Waals surface area contributed by atoms with Gasteiger partial charge in [-0.05, 0) is 39.0 Å². The number of hydrogen-bond donors (Lipinski definition) is 1. The summed E-state index contributed by atoms with van der Waals surface area (Å²) < 4.78 is 0. The molecule has 1 fully saturated rings. The number of hydrogen-bond acceptors (Lipinski definition) is 2. The summed E-state index contributed by atoms with van der Waals surface area (Å²) in [4.78, 5) is 24.1. The molecule has 1 aliphatic heterocycles. The maximum Gasteiger partial charge on any atom is 0.303 e. The minimum absolute atomic E-state index is 0.169. The molecule has 92 valence electrons. The summed E-state index contributed by atoms with van der Waals surface area (Å²) in [6.07, 6.45) is 5.37. The Bertz CT molecular complexity index is 253. The van der Waals surface area contributed by atoms with Gasteiger partial charge in [-0.1, -0.05) is 0 Å². The van der Waals surface area contributed by atoms with E-state index in [1.807, 2.05) is 4.90 Å². The Morgan fingerprint density at radius 1 is 1.25 bits per heavy atom. The lowest BCUT2D eigenvalue weighted by Crippen LogP contribution is -2.41. The molecule has 0 aromatic heterocycles. The number of likely N-dealkylation sites (tertiary alicyclic amines) is 1. The van der Waals surface area contributed by atoms with Crippen molar-refractivity contribution in [1.82, 2.24) is 4.90 Å². The Hall–Kier alpha value is -1.06. The summed E-state index contributed by atoms with van der Waals surface area (Å²) in [5.41, 5.74) is 0. The highest BCUT2D eigenvalue weighted by Gasteiger charge is 2.22. The van der Waals surface area contributed by atoms with Crippen LogP contribution in [0, 0.1) is 0 Å². The minimum Gasteiger partial charge on any atom is -0.481 e. The van der Waals surface area contributed by atoms with Crippen molar-refractivity contribution >= 4 is 11.9 Å². The molecule has 1 heterocycles. The van der Waals surface area contributed by atoms with Crippen molar-refractivity contribution in [2.75, 3.05) is 6.54 Å². The molecule has 4 nitrogen and oxygen atoms in total. The van der Waals surface area contributed by atoms with Crippen LogP contribution in [-0.2, 0) is 9.59 Å². The lowest BCUT2D eigenvalue weighted by molar-refractivity contribution is -0.138. The first kappa shape index (κ1) is 13.0. The Morgan fingerprint density at radius 3 is 2.56 bits per heavy atom. The molecule has 4 heteroatoms. The fourth-order valence-electron chi connectivity index (χ4n) is 2.16. The number of carbonyl (C=O) groups is 2. The van der Waals surface area contributed by atoms with E-state index in [-0.39, 0.29) is 12.3 Å². The average molecular weight is 227 g/mol. The lowest BCUT2D eigenvalue weighted by Gasteiger charge is -2.33. The van der Waals surface area contributed by atoms with Gasteiger partial charge in [0.1, 0.15) is 0 Å². The van der Waals surface area contributed by atoms with Crippen molar-refractivity contribution in [3.63, 3.8) is 0 Å². The summed E-state index contributed by atoms with van der Waals surface area (Å²) in [6, 6.07) is 0.362. The van der Waals surface area contributed by atoms with Crippen molar-refractivity contribution in [1.29, 1.82) is 0 Å². The number of rotatable bonds is 5. The van der Waals surface area contributed by atoms with E-state index in [0.717, 1.165) is 19.4 Å². The lowest BCUT2D eigenvalue weighted by atomic mass is 10.0. The number of piperidine rings is 1. The maximum absolute atomic E-state index is 11.8. The van der Waals surface area contributed by atoms with E-state index in [1.165, 1.54) is 6.42 Å². The van der Waals surface area contributed by atoms with E-state index in [9.17, 15) is 9.59 Å². The second-order valence-electron chi connectivity index (χ2n) is 4.53. The van der Waals surface area contributed by atoms with Gasteiger partial charge in [0.15, 0.2) is 0 Å². The van der Waals surface area contributed by atoms with Crippen LogP contribution in [0.2, 0.25) is 0 Å². The number of amides is 1. The predicted octanol–water partition coefficient (Wildman–Crippen LogP) is 2.03. The summed E-state index contributed by atoms with van der Waals surface area (Å²) in [5, 5.41) is 8.47. The predicted molar refractivity (Wildman–Crippen MR) is 61.1 cm³/mol. The number of aliphatic carboxylic acids is 1. The molecule has 16 heavy (non-hydrogen) atoms. The van der Waals surface area contributed by atoms with Crippen LogP contribution < -0.4 is 0 Å². The van der Waals surface area contributed by atoms with Gasteiger partial charge in [0, 0.05) is 25.4 Å². The molecule has 0 bridgehead atoms. The summed E-state index contributed by atoms with van der Waals surface area (Å²) in [5.74, 6) is -0.587. The van der Waals surface area contributed by atoms with E-state index < -0.39 is 5.97 Å². The van der Waals surface area contributed by atoms with Crippen molar-refractivity contribution in [3.05, 3.63) is 0 Å². The van der Waals surface area contributed by atoms with Gasteiger partial charge in [-0.15, -0.1) is 0 Å². The molecule has 1 amide bonds. The number of nitrogens with zero attached hydrogens (tertiary/aromatic N) is 1. The summed E-state index contributed by atoms with van der Waals surface area (Å²) >= 11 is 0. The second-order valence-corrected chi connectivity index (χ2v) is 4.53. The van der Waals surface area contributed by atoms with Gasteiger partial charge in [0.2, 0.25) is 5.91 Å². The Kier molecular flexibility index (Phi) is 5.29. The van der Waals surface area contributed by atoms with Crippen LogP contribution in [0.4, 0.5) is 0 Å². The molecule has 1 rings (SSSR count). The zero-order valence-corrected chi connectivity index (χ0v) is 9.95. The van der Waals surface area contributed by atoms with E-state index in [4.69, 9.17) is 5.11 Å². The molecule has 1 saturated heterocycles. The van der Waals surface area contributed by atoms with Crippen LogP contribution in [-0.4, -0.2) is 34.5 Å². The van der Waals surface area contributed by atoms with Gasteiger partial charge < -0.3 is 10.0 Å². The van der Waals surface area contributed by atoms with Crippen LogP contribution in [0.3, 0.4) is 0 Å². The second kappa shape index (κ2) is 6.51. The third kappa shape index (κ3) is 4.21. The van der Waals surface area contributed by atoms with E-state index >= 15 is 0 Å². The zero-order valence-electron chi connectivity index (χ0n) is 9.95. The third-order valence-electron chi connectivity index (χ3n) is 3.15. The van der Waals surface area contributed by atoms with E-state index in [2.05, 4.69) is 6.92 Å². The molecule has 0 aromatic carbocycles. The maximum atomic E-state index is 11.8. The Morgan fingerprint density at radius 2 is 1.94 bits per heavy atom. The fourth-order valence-corrected chi connectivity index (χ4v) is 2.16. The first-order valence-corrected chi connectivity index (χ1v) is 6.12. The van der Waals surface area contributed by atoms with Gasteiger partial charge >= 0.3 is 5.97 Å². The van der Waals surface area contributed by atoms with E-state index in [1.54, 1.807) is 0 Å². The number of carbonyl (C=O) groups excluding carboxylic acids is 1. The van der Waals surface area contributed by atoms with Gasteiger partial charge in [0.05, 0.1) is 0 Å². The Balaban J connectivity index is 2.20. The average Bonchev–Trinajstić information content (AvgIpc) is 2.24. The number of carboxylic acid groups (broad SMARTS) is 1. The van der Waals surface area contributed by atoms with Crippen LogP contribution in [0.25, 0.3) is 0 Å². The molecule has 0 radical (unpaired) electrons. The molecule has 1 unspecified atom stereocenters. The Labute approximate surface area is 96.6 Å². The van der Waals surface area contributed by atoms with Crippen LogP contribution >= 0.6 is 0 Å². The fraction of sp³-hybridized carbons (Fsp3) is 0.833. The standard InChI is InChI=1S/C12H21NO3/c1-10-6-4-5-9-13(10)11(14)7-2-3-8-12(15)16/h10H,2-9H2,1H3,(H,15,16). The SMILES string of the molecule is CC1CCCCN1C(=O)CCCCC(=O)O. The van der Waals surface area contributed by atoms with E-state index in [0.29, 0.717) is 25.3 Å². The van der Waals surface area contributed by atoms with Crippen LogP contribution in [0.5, 0.6) is 0 Å². The van der Waals surface area contributed by atoms with Crippen molar-refractivity contribution < 1.29 is 14.7 Å². The van der Waals surface area contributed by atoms with Gasteiger partial charge in [-0.3, -0.25) is 9.59 Å². The van der Waals surface area contributed by atoms with Crippen molar-refractivity contribution in [2.45, 2.75) is 57.9 Å². The molecule has 0 aromatic rings. The molecular weight excluding hydrogens is 206 g/mol. The molecule has 0 saturated carbocycles. The highest BCUT2D eigenvalue weighted by atomic mass is 16.4. The minimum atomic E-state index is -0.779. The smallest absolute Gasteiger partial charge is 0.303 e. The van der Waals surface area contributed by atoms with Crippen molar-refractivity contribution in [2.24, 2.45) is 0 Å². The van der Waals surface area contributed by atoms with Gasteiger partial charge in [-0.2, -0.15) is 0 Å². The molecule has 1 atom stereocenters. The largest absolute Gasteiger partial charge is 0.481 e. The van der Waals surface area contributed by atoms with Crippen LogP contribution in [0.15, 0.2) is 0 Å². The highest BCUT2D eigenvalue weighted by molar-refractivity contribution is 5.76. The quantitative estimate of drug-likeness (QED) is 0.731. The normalized spacial score (nSPS) is 20.8. The zero-order chi connectivity index (χ0) is 12.0. The number of unbranched alkanes of at least 4 members (excludes halogenated alkanes) is 1. The molecule has 0 aliphatic carbocycles. The summed E-state index contributed by atoms with van der Waals surface area (Å²) in [7, 11) is 0. The van der Waals surface area contributed by atoms with Gasteiger partial charge in [-0.25, -0.2) is 0 Å². The van der Waals surface area contributed by atoms with Crippen molar-refractivity contribution in [3.8, 4) is 0 Å². The monoisotopic (exact) mass is 227 g/mol. The molecule has 1 N–H and O–H groups in total. The highest BCUT2D eigenvalue weighted by Crippen LogP contribution is 2.18. The summed E-state index contributed by atoms with van der Waals surface area (Å²) in [6.45, 7) is 2.97. The first-order valence-electron chi connectivity index (χ1n) is 6.12. The topological polar surface area (TPSA) is 57.6 Å². The van der Waals surface area contributed by atoms with Gasteiger partial charge in [0.25, 0.3) is 0 Å². The third-order valence-corrected chi connectivity index (χ3v) is 3.15. The molecular formula is C12H21NO3. The van der Waals surface area contributed by atoms with Crippen LogP contribution in [0.1, 0.15) is 51.9 Å². The first-order chi connectivity index (χ1) is 7.61. The molecule has 1 aliphatic rings. The molecule has 0 spiro atoms. The number of carboxylic acids is 1.